The maximum Gasteiger partial charge on any atom is 0.416 e. The maximum absolute atomic E-state index is 14.3. The highest BCUT2D eigenvalue weighted by atomic mass is 79.9. The molecular weight excluding hydrogens is 487 g/mol. The minimum Gasteiger partial charge on any atom is -0.292 e. The molecule has 0 aliphatic heterocycles. The Labute approximate surface area is 181 Å². The molecule has 0 bridgehead atoms. The first kappa shape index (κ1) is 22.9. The molecule has 1 aromatic heterocycles. The van der Waals surface area contributed by atoms with Crippen LogP contribution in [0.2, 0.25) is 0 Å². The summed E-state index contributed by atoms with van der Waals surface area (Å²) < 4.78 is 69.8. The van der Waals surface area contributed by atoms with E-state index in [0.717, 1.165) is 27.3 Å². The molecule has 0 aliphatic rings. The molecule has 0 atom stereocenters. The van der Waals surface area contributed by atoms with Gasteiger partial charge in [-0.05, 0) is 53.0 Å². The lowest BCUT2D eigenvalue weighted by Crippen LogP contribution is -2.42. The van der Waals surface area contributed by atoms with Crippen molar-refractivity contribution >= 4 is 15.9 Å². The number of hydrogen-bond acceptors (Lipinski definition) is 2. The van der Waals surface area contributed by atoms with E-state index in [1.165, 1.54) is 25.1 Å². The number of hydrogen-bond donors (Lipinski definition) is 0. The summed E-state index contributed by atoms with van der Waals surface area (Å²) in [6.45, 7) is 0.424. The second kappa shape index (κ2) is 8.78. The average Bonchev–Trinajstić information content (AvgIpc) is 2.71. The molecule has 0 saturated heterocycles. The Bertz CT molecular complexity index is 1250. The van der Waals surface area contributed by atoms with Crippen molar-refractivity contribution in [2.45, 2.75) is 32.6 Å². The predicted molar refractivity (Wildman–Crippen MR) is 108 cm³/mol. The standard InChI is InChI=1S/C21H16BrF5N2O2/c1-12-18(22)19(30)28(10-9-13-5-2-3-7-16(13)23)20(31)29(12)11-14-15(21(25,26)27)6-4-8-17(14)24/h2-8H,9-11H2,1H3. The van der Waals surface area contributed by atoms with Crippen molar-refractivity contribution in [3.63, 3.8) is 0 Å². The van der Waals surface area contributed by atoms with Gasteiger partial charge in [-0.3, -0.25) is 13.9 Å². The highest BCUT2D eigenvalue weighted by molar-refractivity contribution is 9.10. The summed E-state index contributed by atoms with van der Waals surface area (Å²) in [5.41, 5.74) is -3.23. The molecule has 0 fully saturated rings. The van der Waals surface area contributed by atoms with Gasteiger partial charge in [-0.15, -0.1) is 0 Å². The van der Waals surface area contributed by atoms with Gasteiger partial charge < -0.3 is 0 Å². The minimum absolute atomic E-state index is 0.00478. The van der Waals surface area contributed by atoms with E-state index in [2.05, 4.69) is 15.9 Å². The first-order valence-corrected chi connectivity index (χ1v) is 9.89. The van der Waals surface area contributed by atoms with Crippen LogP contribution in [-0.4, -0.2) is 9.13 Å². The average molecular weight is 503 g/mol. The summed E-state index contributed by atoms with van der Waals surface area (Å²) in [5.74, 6) is -1.63. The van der Waals surface area contributed by atoms with Crippen LogP contribution in [0, 0.1) is 18.6 Å². The Morgan fingerprint density at radius 2 is 1.58 bits per heavy atom. The van der Waals surface area contributed by atoms with Crippen LogP contribution >= 0.6 is 15.9 Å². The lowest BCUT2D eigenvalue weighted by molar-refractivity contribution is -0.138. The quantitative estimate of drug-likeness (QED) is 0.476. The van der Waals surface area contributed by atoms with Crippen LogP contribution in [0.15, 0.2) is 56.5 Å². The maximum atomic E-state index is 14.3. The normalized spacial score (nSPS) is 11.7. The second-order valence-electron chi connectivity index (χ2n) is 6.83. The van der Waals surface area contributed by atoms with Crippen LogP contribution in [0.5, 0.6) is 0 Å². The van der Waals surface area contributed by atoms with Crippen LogP contribution in [0.1, 0.15) is 22.4 Å². The summed E-state index contributed by atoms with van der Waals surface area (Å²) >= 11 is 3.06. The zero-order valence-electron chi connectivity index (χ0n) is 16.1. The topological polar surface area (TPSA) is 44.0 Å². The second-order valence-corrected chi connectivity index (χ2v) is 7.62. The van der Waals surface area contributed by atoms with Gasteiger partial charge in [-0.2, -0.15) is 13.2 Å². The van der Waals surface area contributed by atoms with Crippen LogP contribution in [0.4, 0.5) is 22.0 Å². The molecule has 0 radical (unpaired) electrons. The van der Waals surface area contributed by atoms with Crippen molar-refractivity contribution in [1.82, 2.24) is 9.13 Å². The Balaban J connectivity index is 2.09. The van der Waals surface area contributed by atoms with E-state index >= 15 is 0 Å². The molecule has 0 spiro atoms. The third kappa shape index (κ3) is 4.63. The molecule has 4 nitrogen and oxygen atoms in total. The molecule has 164 valence electrons. The monoisotopic (exact) mass is 502 g/mol. The molecular formula is C21H16BrF5N2O2. The lowest BCUT2D eigenvalue weighted by atomic mass is 10.1. The van der Waals surface area contributed by atoms with Crippen LogP contribution < -0.4 is 11.2 Å². The number of alkyl halides is 3. The molecule has 0 N–H and O–H groups in total. The molecule has 2 aromatic carbocycles. The van der Waals surface area contributed by atoms with Crippen molar-refractivity contribution in [2.24, 2.45) is 0 Å². The third-order valence-corrected chi connectivity index (χ3v) is 5.83. The fourth-order valence-corrected chi connectivity index (χ4v) is 3.66. The van der Waals surface area contributed by atoms with Gasteiger partial charge in [0.2, 0.25) is 0 Å². The van der Waals surface area contributed by atoms with Crippen molar-refractivity contribution in [2.75, 3.05) is 0 Å². The smallest absolute Gasteiger partial charge is 0.292 e. The fourth-order valence-electron chi connectivity index (χ4n) is 3.23. The number of aryl methyl sites for hydroxylation is 1. The van der Waals surface area contributed by atoms with Crippen molar-refractivity contribution in [3.05, 3.63) is 102 Å². The SMILES string of the molecule is Cc1c(Br)c(=O)n(CCc2ccccc2F)c(=O)n1Cc1c(F)cccc1C(F)(F)F. The van der Waals surface area contributed by atoms with E-state index in [9.17, 15) is 31.5 Å². The van der Waals surface area contributed by atoms with E-state index in [1.807, 2.05) is 0 Å². The van der Waals surface area contributed by atoms with E-state index in [4.69, 9.17) is 0 Å². The van der Waals surface area contributed by atoms with Gasteiger partial charge in [0.1, 0.15) is 16.1 Å². The van der Waals surface area contributed by atoms with Gasteiger partial charge in [0, 0.05) is 17.8 Å². The van der Waals surface area contributed by atoms with Gasteiger partial charge >= 0.3 is 11.9 Å². The zero-order chi connectivity index (χ0) is 22.9. The molecule has 10 heteroatoms. The van der Waals surface area contributed by atoms with Gasteiger partial charge in [-0.1, -0.05) is 24.3 Å². The summed E-state index contributed by atoms with van der Waals surface area (Å²) in [4.78, 5) is 25.5. The van der Waals surface area contributed by atoms with Gasteiger partial charge in [0.05, 0.1) is 12.1 Å². The molecule has 3 rings (SSSR count). The van der Waals surface area contributed by atoms with E-state index in [-0.39, 0.29) is 28.7 Å². The van der Waals surface area contributed by atoms with Gasteiger partial charge in [0.25, 0.3) is 5.56 Å². The number of nitrogens with zero attached hydrogens (tertiary/aromatic N) is 2. The highest BCUT2D eigenvalue weighted by Crippen LogP contribution is 2.33. The molecule has 0 unspecified atom stereocenters. The zero-order valence-corrected chi connectivity index (χ0v) is 17.7. The largest absolute Gasteiger partial charge is 0.416 e. The molecule has 0 amide bonds. The first-order chi connectivity index (χ1) is 14.5. The third-order valence-electron chi connectivity index (χ3n) is 4.92. The number of aromatic nitrogens is 2. The molecule has 0 saturated carbocycles. The first-order valence-electron chi connectivity index (χ1n) is 9.10. The van der Waals surface area contributed by atoms with Crippen LogP contribution in [0.25, 0.3) is 0 Å². The number of halogens is 6. The predicted octanol–water partition coefficient (Wildman–Crippen LogP) is 4.67. The van der Waals surface area contributed by atoms with E-state index in [1.54, 1.807) is 6.07 Å². The summed E-state index contributed by atoms with van der Waals surface area (Å²) in [5, 5.41) is 0. The Morgan fingerprint density at radius 3 is 2.23 bits per heavy atom. The molecule has 31 heavy (non-hydrogen) atoms. The highest BCUT2D eigenvalue weighted by Gasteiger charge is 2.34. The molecule has 0 aliphatic carbocycles. The Hall–Kier alpha value is -2.75. The molecule has 3 aromatic rings. The van der Waals surface area contributed by atoms with E-state index < -0.39 is 46.7 Å². The van der Waals surface area contributed by atoms with E-state index in [0.29, 0.717) is 0 Å². The van der Waals surface area contributed by atoms with Crippen molar-refractivity contribution < 1.29 is 22.0 Å². The molecule has 1 heterocycles. The number of benzene rings is 2. The van der Waals surface area contributed by atoms with Crippen LogP contribution in [0.3, 0.4) is 0 Å². The lowest BCUT2D eigenvalue weighted by Gasteiger charge is -2.18. The Kier molecular flexibility index (Phi) is 6.49. The van der Waals surface area contributed by atoms with Gasteiger partial charge in [0.15, 0.2) is 0 Å². The summed E-state index contributed by atoms with van der Waals surface area (Å²) in [7, 11) is 0. The summed E-state index contributed by atoms with van der Waals surface area (Å²) in [6, 6.07) is 8.35. The Morgan fingerprint density at radius 1 is 0.935 bits per heavy atom. The summed E-state index contributed by atoms with van der Waals surface area (Å²) in [6.07, 6.45) is -4.82. The fraction of sp³-hybridized carbons (Fsp3) is 0.238. The van der Waals surface area contributed by atoms with Crippen LogP contribution in [-0.2, 0) is 25.7 Å². The number of rotatable bonds is 5. The minimum atomic E-state index is -4.83. The van der Waals surface area contributed by atoms with Crippen molar-refractivity contribution in [3.8, 4) is 0 Å². The van der Waals surface area contributed by atoms with Gasteiger partial charge in [-0.25, -0.2) is 13.6 Å². The van der Waals surface area contributed by atoms with Crippen molar-refractivity contribution in [1.29, 1.82) is 0 Å².